The second-order valence-electron chi connectivity index (χ2n) is 5.67. The number of rotatable bonds is 8. The highest BCUT2D eigenvalue weighted by molar-refractivity contribution is 5.86. The Balaban J connectivity index is 1.79. The van der Waals surface area contributed by atoms with E-state index in [1.807, 2.05) is 6.07 Å². The summed E-state index contributed by atoms with van der Waals surface area (Å²) < 4.78 is 18.6. The Bertz CT molecular complexity index is 798. The van der Waals surface area contributed by atoms with Crippen LogP contribution in [0.15, 0.2) is 54.6 Å². The molecule has 142 valence electrons. The maximum Gasteiger partial charge on any atom is 0.407 e. The molecular formula is C19H19FN2O5. The molecule has 0 fully saturated rings. The standard InChI is InChI=1S/C19H19FN2O5/c20-15-9-5-4-8-14(15)10-16(18(24)25)22-17(23)11-21-19(26)27-12-13-6-2-1-3-7-13/h1-9,16H,10-12H2,(H,21,26)(H,22,23)(H,24,25)/t16-/m0/s1. The van der Waals surface area contributed by atoms with Gasteiger partial charge in [0.05, 0.1) is 0 Å². The second kappa shape index (κ2) is 9.91. The van der Waals surface area contributed by atoms with Gasteiger partial charge in [0.25, 0.3) is 0 Å². The summed E-state index contributed by atoms with van der Waals surface area (Å²) in [6.45, 7) is -0.423. The summed E-state index contributed by atoms with van der Waals surface area (Å²) in [7, 11) is 0. The van der Waals surface area contributed by atoms with Gasteiger partial charge in [-0.1, -0.05) is 48.5 Å². The molecule has 0 heterocycles. The summed E-state index contributed by atoms with van der Waals surface area (Å²) in [6, 6.07) is 13.4. The van der Waals surface area contributed by atoms with Crippen molar-refractivity contribution in [2.75, 3.05) is 6.54 Å². The molecule has 1 atom stereocenters. The van der Waals surface area contributed by atoms with E-state index in [2.05, 4.69) is 10.6 Å². The fourth-order valence-electron chi connectivity index (χ4n) is 2.26. The first kappa shape index (κ1) is 19.9. The number of nitrogens with one attached hydrogen (secondary N) is 2. The van der Waals surface area contributed by atoms with Crippen LogP contribution in [0.3, 0.4) is 0 Å². The molecule has 0 spiro atoms. The van der Waals surface area contributed by atoms with Gasteiger partial charge >= 0.3 is 12.1 Å². The number of carboxylic acid groups (broad SMARTS) is 1. The van der Waals surface area contributed by atoms with E-state index in [1.54, 1.807) is 30.3 Å². The van der Waals surface area contributed by atoms with Crippen molar-refractivity contribution in [1.82, 2.24) is 10.6 Å². The van der Waals surface area contributed by atoms with Crippen LogP contribution in [-0.2, 0) is 27.4 Å². The topological polar surface area (TPSA) is 105 Å². The van der Waals surface area contributed by atoms with E-state index >= 15 is 0 Å². The molecule has 3 N–H and O–H groups in total. The lowest BCUT2D eigenvalue weighted by atomic mass is 10.1. The molecule has 0 radical (unpaired) electrons. The Hall–Kier alpha value is -3.42. The number of alkyl carbamates (subject to hydrolysis) is 1. The molecule has 0 bridgehead atoms. The van der Waals surface area contributed by atoms with Gasteiger partial charge in [-0.25, -0.2) is 14.0 Å². The van der Waals surface area contributed by atoms with Gasteiger partial charge in [0.15, 0.2) is 0 Å². The largest absolute Gasteiger partial charge is 0.480 e. The van der Waals surface area contributed by atoms with Crippen molar-refractivity contribution in [3.63, 3.8) is 0 Å². The zero-order valence-electron chi connectivity index (χ0n) is 14.4. The monoisotopic (exact) mass is 374 g/mol. The summed E-state index contributed by atoms with van der Waals surface area (Å²) in [5.74, 6) is -2.59. The van der Waals surface area contributed by atoms with E-state index in [1.165, 1.54) is 18.2 Å². The predicted octanol–water partition coefficient (Wildman–Crippen LogP) is 1.86. The highest BCUT2D eigenvalue weighted by Crippen LogP contribution is 2.09. The highest BCUT2D eigenvalue weighted by atomic mass is 19.1. The third kappa shape index (κ3) is 6.77. The van der Waals surface area contributed by atoms with Crippen LogP contribution in [0.5, 0.6) is 0 Å². The minimum atomic E-state index is -1.32. The van der Waals surface area contributed by atoms with Crippen molar-refractivity contribution in [2.24, 2.45) is 0 Å². The lowest BCUT2D eigenvalue weighted by Crippen LogP contribution is -2.46. The van der Waals surface area contributed by atoms with Gasteiger partial charge in [-0.3, -0.25) is 4.79 Å². The lowest BCUT2D eigenvalue weighted by molar-refractivity contribution is -0.141. The van der Waals surface area contributed by atoms with Crippen LogP contribution in [0, 0.1) is 5.82 Å². The van der Waals surface area contributed by atoms with Crippen molar-refractivity contribution in [2.45, 2.75) is 19.1 Å². The molecule has 0 aliphatic carbocycles. The van der Waals surface area contributed by atoms with Crippen molar-refractivity contribution >= 4 is 18.0 Å². The number of amides is 2. The number of benzene rings is 2. The number of halogens is 1. The molecule has 8 heteroatoms. The Morgan fingerprint density at radius 1 is 1.04 bits per heavy atom. The van der Waals surface area contributed by atoms with E-state index in [0.29, 0.717) is 0 Å². The number of carbonyl (C=O) groups is 3. The zero-order chi connectivity index (χ0) is 19.6. The number of carboxylic acids is 1. The first-order chi connectivity index (χ1) is 13.0. The maximum atomic E-state index is 13.7. The minimum Gasteiger partial charge on any atom is -0.480 e. The van der Waals surface area contributed by atoms with E-state index in [-0.39, 0.29) is 18.6 Å². The number of aliphatic carboxylic acids is 1. The van der Waals surface area contributed by atoms with Crippen LogP contribution in [-0.4, -0.2) is 35.7 Å². The van der Waals surface area contributed by atoms with Gasteiger partial charge in [-0.2, -0.15) is 0 Å². The molecule has 0 unspecified atom stereocenters. The number of ether oxygens (including phenoxy) is 1. The van der Waals surface area contributed by atoms with Crippen LogP contribution in [0.25, 0.3) is 0 Å². The van der Waals surface area contributed by atoms with Gasteiger partial charge in [-0.05, 0) is 17.2 Å². The molecule has 27 heavy (non-hydrogen) atoms. The van der Waals surface area contributed by atoms with Gasteiger partial charge in [0.2, 0.25) is 5.91 Å². The summed E-state index contributed by atoms with van der Waals surface area (Å²) >= 11 is 0. The Kier molecular flexibility index (Phi) is 7.30. The highest BCUT2D eigenvalue weighted by Gasteiger charge is 2.22. The van der Waals surface area contributed by atoms with Crippen molar-refractivity contribution in [3.05, 3.63) is 71.5 Å². The van der Waals surface area contributed by atoms with E-state index < -0.39 is 36.4 Å². The van der Waals surface area contributed by atoms with Crippen molar-refractivity contribution in [1.29, 1.82) is 0 Å². The Morgan fingerprint density at radius 2 is 1.70 bits per heavy atom. The molecule has 0 aliphatic heterocycles. The molecule has 0 saturated carbocycles. The third-order valence-corrected chi connectivity index (χ3v) is 3.62. The normalized spacial score (nSPS) is 11.3. The number of carbonyl (C=O) groups excluding carboxylic acids is 2. The van der Waals surface area contributed by atoms with Crippen molar-refractivity contribution < 1.29 is 28.6 Å². The van der Waals surface area contributed by atoms with Crippen LogP contribution in [0.2, 0.25) is 0 Å². The summed E-state index contributed by atoms with van der Waals surface area (Å²) in [5.41, 5.74) is 0.952. The molecule has 2 aromatic carbocycles. The fraction of sp³-hybridized carbons (Fsp3) is 0.211. The second-order valence-corrected chi connectivity index (χ2v) is 5.67. The number of hydrogen-bond donors (Lipinski definition) is 3. The van der Waals surface area contributed by atoms with Crippen LogP contribution < -0.4 is 10.6 Å². The summed E-state index contributed by atoms with van der Waals surface area (Å²) in [4.78, 5) is 34.8. The molecule has 2 aromatic rings. The third-order valence-electron chi connectivity index (χ3n) is 3.62. The molecular weight excluding hydrogens is 355 g/mol. The van der Waals surface area contributed by atoms with Crippen LogP contribution in [0.1, 0.15) is 11.1 Å². The molecule has 0 aliphatic rings. The maximum absolute atomic E-state index is 13.7. The fourth-order valence-corrected chi connectivity index (χ4v) is 2.26. The van der Waals surface area contributed by atoms with Gasteiger partial charge in [0, 0.05) is 6.42 Å². The van der Waals surface area contributed by atoms with Gasteiger partial charge < -0.3 is 20.5 Å². The van der Waals surface area contributed by atoms with E-state index in [9.17, 15) is 23.9 Å². The van der Waals surface area contributed by atoms with Crippen molar-refractivity contribution in [3.8, 4) is 0 Å². The molecule has 0 aromatic heterocycles. The van der Waals surface area contributed by atoms with E-state index in [4.69, 9.17) is 4.74 Å². The Morgan fingerprint density at radius 3 is 2.37 bits per heavy atom. The smallest absolute Gasteiger partial charge is 0.407 e. The minimum absolute atomic E-state index is 0.0410. The molecule has 7 nitrogen and oxygen atoms in total. The average molecular weight is 374 g/mol. The first-order valence-corrected chi connectivity index (χ1v) is 8.16. The molecule has 0 saturated heterocycles. The van der Waals surface area contributed by atoms with Crippen LogP contribution in [0.4, 0.5) is 9.18 Å². The quantitative estimate of drug-likeness (QED) is 0.654. The van der Waals surface area contributed by atoms with E-state index in [0.717, 1.165) is 5.56 Å². The lowest BCUT2D eigenvalue weighted by Gasteiger charge is -2.15. The summed E-state index contributed by atoms with van der Waals surface area (Å²) in [5, 5.41) is 13.7. The molecule has 2 rings (SSSR count). The predicted molar refractivity (Wildman–Crippen MR) is 94.3 cm³/mol. The number of hydrogen-bond acceptors (Lipinski definition) is 4. The first-order valence-electron chi connectivity index (χ1n) is 8.16. The average Bonchev–Trinajstić information content (AvgIpc) is 2.66. The SMILES string of the molecule is O=C(CNC(=O)OCc1ccccc1)N[C@@H](Cc1ccccc1F)C(=O)O. The van der Waals surface area contributed by atoms with Gasteiger partial charge in [0.1, 0.15) is 25.0 Å². The summed E-state index contributed by atoms with van der Waals surface area (Å²) in [6.07, 6.45) is -1.03. The Labute approximate surface area is 155 Å². The zero-order valence-corrected chi connectivity index (χ0v) is 14.4. The van der Waals surface area contributed by atoms with Gasteiger partial charge in [-0.15, -0.1) is 0 Å². The van der Waals surface area contributed by atoms with Crippen LogP contribution >= 0.6 is 0 Å². The molecule has 2 amide bonds.